The van der Waals surface area contributed by atoms with Crippen molar-refractivity contribution in [3.05, 3.63) is 54.4 Å². The van der Waals surface area contributed by atoms with E-state index in [2.05, 4.69) is 41.4 Å². The van der Waals surface area contributed by atoms with Crippen molar-refractivity contribution >= 4 is 34.4 Å². The van der Waals surface area contributed by atoms with Crippen molar-refractivity contribution in [2.24, 2.45) is 0 Å². The third-order valence-electron chi connectivity index (χ3n) is 3.90. The van der Waals surface area contributed by atoms with Crippen LogP contribution >= 0.6 is 11.8 Å². The molecule has 25 heavy (non-hydrogen) atoms. The van der Waals surface area contributed by atoms with E-state index in [9.17, 15) is 4.79 Å². The van der Waals surface area contributed by atoms with E-state index in [1.54, 1.807) is 24.2 Å². The fourth-order valence-electron chi connectivity index (χ4n) is 2.50. The Balaban J connectivity index is 1.63. The lowest BCUT2D eigenvalue weighted by Gasteiger charge is -2.12. The Morgan fingerprint density at radius 1 is 1.20 bits per heavy atom. The minimum absolute atomic E-state index is 0.0154. The molecular weight excluding hydrogens is 332 g/mol. The molecule has 0 spiro atoms. The normalized spacial score (nSPS) is 12.5. The molecule has 0 saturated heterocycles. The predicted molar refractivity (Wildman–Crippen MR) is 104 cm³/mol. The number of carbonyl (C=O) groups is 1. The van der Waals surface area contributed by atoms with Crippen LogP contribution in [0.1, 0.15) is 32.4 Å². The number of rotatable bonds is 6. The Morgan fingerprint density at radius 3 is 2.68 bits per heavy atom. The van der Waals surface area contributed by atoms with Crippen LogP contribution in [0.25, 0.3) is 11.0 Å². The summed E-state index contributed by atoms with van der Waals surface area (Å²) in [6.07, 6.45) is 3.47. The van der Waals surface area contributed by atoms with Crippen molar-refractivity contribution < 1.29 is 4.79 Å². The monoisotopic (exact) mass is 354 g/mol. The molecular formula is C19H22N4OS. The summed E-state index contributed by atoms with van der Waals surface area (Å²) in [5, 5.41) is 8.08. The van der Waals surface area contributed by atoms with Gasteiger partial charge in [0.15, 0.2) is 5.65 Å². The summed E-state index contributed by atoms with van der Waals surface area (Å²) in [5.74, 6) is 0.798. The van der Waals surface area contributed by atoms with Crippen molar-refractivity contribution in [1.82, 2.24) is 14.8 Å². The van der Waals surface area contributed by atoms with E-state index >= 15 is 0 Å². The molecule has 3 rings (SSSR count). The zero-order valence-corrected chi connectivity index (χ0v) is 15.5. The number of benzene rings is 1. The lowest BCUT2D eigenvalue weighted by molar-refractivity contribution is -0.115. The second-order valence-electron chi connectivity index (χ2n) is 6.25. The van der Waals surface area contributed by atoms with Crippen LogP contribution in [0.4, 0.5) is 5.69 Å². The van der Waals surface area contributed by atoms with Crippen LogP contribution in [-0.4, -0.2) is 25.9 Å². The van der Waals surface area contributed by atoms with Crippen molar-refractivity contribution in [3.63, 3.8) is 0 Å². The highest BCUT2D eigenvalue weighted by molar-refractivity contribution is 7.99. The van der Waals surface area contributed by atoms with Crippen molar-refractivity contribution in [2.75, 3.05) is 5.32 Å². The fraction of sp³-hybridized carbons (Fsp3) is 0.316. The number of fused-ring (bicyclic) bond motifs is 1. The summed E-state index contributed by atoms with van der Waals surface area (Å²) in [5.41, 5.74) is 2.75. The summed E-state index contributed by atoms with van der Waals surface area (Å²) in [4.78, 5) is 16.8. The second kappa shape index (κ2) is 7.70. The van der Waals surface area contributed by atoms with Gasteiger partial charge in [0.2, 0.25) is 5.91 Å². The number of thioether (sulfide) groups is 1. The first-order valence-corrected chi connectivity index (χ1v) is 9.39. The molecule has 1 N–H and O–H groups in total. The number of hydrogen-bond donors (Lipinski definition) is 1. The summed E-state index contributed by atoms with van der Waals surface area (Å²) >= 11 is 1.62. The molecule has 6 heteroatoms. The van der Waals surface area contributed by atoms with Crippen LogP contribution in [0.5, 0.6) is 0 Å². The van der Waals surface area contributed by atoms with E-state index in [0.717, 1.165) is 16.8 Å². The molecule has 130 valence electrons. The van der Waals surface area contributed by atoms with E-state index in [1.807, 2.05) is 35.9 Å². The molecule has 2 heterocycles. The van der Waals surface area contributed by atoms with Crippen molar-refractivity contribution in [2.45, 2.75) is 37.8 Å². The Kier molecular flexibility index (Phi) is 5.38. The molecule has 3 aromatic rings. The van der Waals surface area contributed by atoms with Crippen molar-refractivity contribution in [1.29, 1.82) is 0 Å². The van der Waals surface area contributed by atoms with Gasteiger partial charge in [-0.3, -0.25) is 4.79 Å². The van der Waals surface area contributed by atoms with Gasteiger partial charge >= 0.3 is 0 Å². The Hall–Kier alpha value is -2.34. The third-order valence-corrected chi connectivity index (χ3v) is 5.12. The van der Waals surface area contributed by atoms with Crippen LogP contribution in [0.3, 0.4) is 0 Å². The number of aromatic nitrogens is 3. The minimum Gasteiger partial charge on any atom is -0.324 e. The third kappa shape index (κ3) is 4.20. The first kappa shape index (κ1) is 17.5. The summed E-state index contributed by atoms with van der Waals surface area (Å²) < 4.78 is 1.87. The molecule has 0 fully saturated rings. The molecule has 0 unspecified atom stereocenters. The second-order valence-corrected chi connectivity index (χ2v) is 7.58. The lowest BCUT2D eigenvalue weighted by Crippen LogP contribution is -2.22. The number of hydrogen-bond acceptors (Lipinski definition) is 4. The van der Waals surface area contributed by atoms with Gasteiger partial charge in [0.05, 0.1) is 23.3 Å². The maximum absolute atomic E-state index is 12.4. The van der Waals surface area contributed by atoms with Crippen LogP contribution in [0.15, 0.2) is 48.8 Å². The van der Waals surface area contributed by atoms with Gasteiger partial charge in [-0.25, -0.2) is 9.67 Å². The highest BCUT2D eigenvalue weighted by Crippen LogP contribution is 2.21. The fourth-order valence-corrected chi connectivity index (χ4v) is 3.35. The Morgan fingerprint density at radius 2 is 1.96 bits per heavy atom. The number of amides is 1. The highest BCUT2D eigenvalue weighted by atomic mass is 32.2. The van der Waals surface area contributed by atoms with Crippen LogP contribution in [0.2, 0.25) is 0 Å². The number of nitrogens with zero attached hydrogens (tertiary/aromatic N) is 3. The van der Waals surface area contributed by atoms with Gasteiger partial charge in [-0.05, 0) is 32.4 Å². The van der Waals surface area contributed by atoms with E-state index in [1.165, 1.54) is 5.56 Å². The first-order valence-electron chi connectivity index (χ1n) is 8.34. The maximum atomic E-state index is 12.4. The number of carbonyl (C=O) groups excluding carboxylic acids is 1. The summed E-state index contributed by atoms with van der Waals surface area (Å²) in [7, 11) is 0. The van der Waals surface area contributed by atoms with Gasteiger partial charge in [-0.15, -0.1) is 11.8 Å². The van der Waals surface area contributed by atoms with E-state index in [4.69, 9.17) is 0 Å². The van der Waals surface area contributed by atoms with Gasteiger partial charge in [0.25, 0.3) is 0 Å². The first-order chi connectivity index (χ1) is 12.0. The largest absolute Gasteiger partial charge is 0.324 e. The molecule has 0 aliphatic rings. The van der Waals surface area contributed by atoms with Gasteiger partial charge in [0, 0.05) is 17.2 Å². The molecule has 1 amide bonds. The van der Waals surface area contributed by atoms with E-state index < -0.39 is 0 Å². The van der Waals surface area contributed by atoms with Crippen LogP contribution in [0, 0.1) is 0 Å². The average Bonchev–Trinajstić information content (AvgIpc) is 3.04. The smallest absolute Gasteiger partial charge is 0.237 e. The molecule has 0 saturated carbocycles. The van der Waals surface area contributed by atoms with E-state index in [-0.39, 0.29) is 17.2 Å². The molecule has 0 radical (unpaired) electrons. The topological polar surface area (TPSA) is 59.8 Å². The van der Waals surface area contributed by atoms with E-state index in [0.29, 0.717) is 5.69 Å². The SMILES string of the molecule is CC(C)n1ncc2cc(NC(=O)[C@@H](C)SCc3ccccc3)cnc21. The highest BCUT2D eigenvalue weighted by Gasteiger charge is 2.15. The lowest BCUT2D eigenvalue weighted by atomic mass is 10.2. The molecule has 1 atom stereocenters. The number of anilines is 1. The average molecular weight is 354 g/mol. The summed E-state index contributed by atoms with van der Waals surface area (Å²) in [6, 6.07) is 12.3. The standard InChI is InChI=1S/C19H22N4OS/c1-13(2)23-18-16(10-21-23)9-17(11-20-18)22-19(24)14(3)25-12-15-7-5-4-6-8-15/h4-11,13-14H,12H2,1-3H3,(H,22,24)/t14-/m1/s1. The number of nitrogens with one attached hydrogen (secondary N) is 1. The zero-order valence-electron chi connectivity index (χ0n) is 14.6. The minimum atomic E-state index is -0.144. The Bertz CT molecular complexity index is 860. The molecule has 2 aromatic heterocycles. The molecule has 0 aliphatic heterocycles. The summed E-state index contributed by atoms with van der Waals surface area (Å²) in [6.45, 7) is 6.05. The van der Waals surface area contributed by atoms with Gasteiger partial charge in [0.1, 0.15) is 0 Å². The molecule has 0 bridgehead atoms. The Labute approximate surface area is 151 Å². The van der Waals surface area contributed by atoms with Crippen LogP contribution in [-0.2, 0) is 10.5 Å². The van der Waals surface area contributed by atoms with Gasteiger partial charge < -0.3 is 5.32 Å². The molecule has 1 aromatic carbocycles. The maximum Gasteiger partial charge on any atom is 0.237 e. The molecule has 5 nitrogen and oxygen atoms in total. The number of pyridine rings is 1. The predicted octanol–water partition coefficient (Wildman–Crippen LogP) is 4.27. The van der Waals surface area contributed by atoms with Crippen molar-refractivity contribution in [3.8, 4) is 0 Å². The molecule has 0 aliphatic carbocycles. The van der Waals surface area contributed by atoms with Gasteiger partial charge in [-0.1, -0.05) is 30.3 Å². The van der Waals surface area contributed by atoms with Gasteiger partial charge in [-0.2, -0.15) is 5.10 Å². The van der Waals surface area contributed by atoms with Crippen LogP contribution < -0.4 is 5.32 Å². The quantitative estimate of drug-likeness (QED) is 0.718. The zero-order chi connectivity index (χ0) is 17.8.